The van der Waals surface area contributed by atoms with E-state index in [-0.39, 0.29) is 5.75 Å². The second-order valence-corrected chi connectivity index (χ2v) is 5.68. The van der Waals surface area contributed by atoms with Gasteiger partial charge in [0.15, 0.2) is 0 Å². The van der Waals surface area contributed by atoms with Crippen molar-refractivity contribution >= 4 is 11.6 Å². The van der Waals surface area contributed by atoms with Crippen LogP contribution in [-0.4, -0.2) is 37.2 Å². The monoisotopic (exact) mass is 318 g/mol. The number of nitrogens with zero attached hydrogens (tertiary/aromatic N) is 1. The Bertz CT molecular complexity index is 453. The molecule has 1 aromatic rings. The lowest BCUT2D eigenvalue weighted by atomic mass is 10.1. The topological polar surface area (TPSA) is 24.5 Å². The van der Waals surface area contributed by atoms with Crippen molar-refractivity contribution in [2.24, 2.45) is 0 Å². The summed E-state index contributed by atoms with van der Waals surface area (Å²) in [6, 6.07) is 5.23. The van der Waals surface area contributed by atoms with Crippen molar-refractivity contribution in [2.45, 2.75) is 39.0 Å². The van der Waals surface area contributed by atoms with Gasteiger partial charge in [0.1, 0.15) is 5.75 Å². The summed E-state index contributed by atoms with van der Waals surface area (Å²) in [4.78, 5) is 2.31. The summed E-state index contributed by atoms with van der Waals surface area (Å²) in [5.74, 6) is 0.210. The molecule has 1 unspecified atom stereocenters. The van der Waals surface area contributed by atoms with Crippen LogP contribution in [0.2, 0.25) is 5.02 Å². The van der Waals surface area contributed by atoms with E-state index in [0.717, 1.165) is 32.5 Å². The fourth-order valence-corrected chi connectivity index (χ4v) is 2.93. The molecule has 1 aromatic carbocycles. The molecule has 0 amide bonds. The normalized spacial score (nSPS) is 18.7. The first-order valence-electron chi connectivity index (χ1n) is 7.28. The van der Waals surface area contributed by atoms with E-state index in [1.54, 1.807) is 12.1 Å². The number of hydrogen-bond donors (Lipinski definition) is 1. The first kappa shape index (κ1) is 16.5. The fraction of sp³-hybridized carbons (Fsp3) is 0.600. The van der Waals surface area contributed by atoms with Gasteiger partial charge in [-0.25, -0.2) is 0 Å². The number of nitrogens with one attached hydrogen (secondary N) is 1. The van der Waals surface area contributed by atoms with Crippen LogP contribution in [-0.2, 0) is 6.54 Å². The molecule has 118 valence electrons. The van der Waals surface area contributed by atoms with Crippen LogP contribution in [0.5, 0.6) is 5.75 Å². The third-order valence-corrected chi connectivity index (χ3v) is 3.91. The van der Waals surface area contributed by atoms with Crippen molar-refractivity contribution in [1.82, 2.24) is 10.2 Å². The van der Waals surface area contributed by atoms with Gasteiger partial charge in [0.25, 0.3) is 0 Å². The largest absolute Gasteiger partial charge is 0.434 e. The molecular weight excluding hydrogens is 298 g/mol. The average molecular weight is 319 g/mol. The van der Waals surface area contributed by atoms with E-state index in [2.05, 4.69) is 21.9 Å². The number of halogens is 3. The highest BCUT2D eigenvalue weighted by Gasteiger charge is 2.23. The zero-order valence-electron chi connectivity index (χ0n) is 12.1. The third-order valence-electron chi connectivity index (χ3n) is 3.67. The first-order chi connectivity index (χ1) is 10.1. The maximum Gasteiger partial charge on any atom is 0.387 e. The molecule has 1 aliphatic heterocycles. The van der Waals surface area contributed by atoms with Crippen LogP contribution in [0.15, 0.2) is 18.2 Å². The summed E-state index contributed by atoms with van der Waals surface area (Å²) < 4.78 is 29.6. The van der Waals surface area contributed by atoms with Crippen LogP contribution in [0.3, 0.4) is 0 Å². The fourth-order valence-electron chi connectivity index (χ4n) is 2.73. The van der Waals surface area contributed by atoms with Crippen molar-refractivity contribution in [3.05, 3.63) is 28.8 Å². The van der Waals surface area contributed by atoms with Gasteiger partial charge in [-0.1, -0.05) is 18.5 Å². The van der Waals surface area contributed by atoms with Gasteiger partial charge in [-0.15, -0.1) is 0 Å². The molecule has 0 spiro atoms. The van der Waals surface area contributed by atoms with Gasteiger partial charge in [-0.2, -0.15) is 8.78 Å². The lowest BCUT2D eigenvalue weighted by Gasteiger charge is -2.28. The predicted molar refractivity (Wildman–Crippen MR) is 80.1 cm³/mol. The second-order valence-electron chi connectivity index (χ2n) is 5.25. The summed E-state index contributed by atoms with van der Waals surface area (Å²) in [5, 5.41) is 3.87. The minimum absolute atomic E-state index is 0.210. The highest BCUT2D eigenvalue weighted by atomic mass is 35.5. The number of hydrogen-bond acceptors (Lipinski definition) is 3. The predicted octanol–water partition coefficient (Wildman–Crippen LogP) is 3.52. The number of benzene rings is 1. The van der Waals surface area contributed by atoms with E-state index in [9.17, 15) is 8.78 Å². The van der Waals surface area contributed by atoms with Gasteiger partial charge in [-0.3, -0.25) is 4.90 Å². The molecule has 1 fully saturated rings. The standard InChI is InChI=1S/C15H21ClF2N2O/c1-2-7-20(13-5-6-19-9-13)10-11-8-12(16)3-4-14(11)21-15(17)18/h3-4,8,13,15,19H,2,5-7,9-10H2,1H3. The van der Waals surface area contributed by atoms with Crippen LogP contribution in [0, 0.1) is 0 Å². The van der Waals surface area contributed by atoms with Crippen LogP contribution in [0.1, 0.15) is 25.3 Å². The molecule has 0 aliphatic carbocycles. The maximum atomic E-state index is 12.5. The lowest BCUT2D eigenvalue weighted by Crippen LogP contribution is -2.37. The van der Waals surface area contributed by atoms with E-state index in [4.69, 9.17) is 11.6 Å². The molecule has 0 bridgehead atoms. The number of alkyl halides is 2. The Morgan fingerprint density at radius 3 is 2.90 bits per heavy atom. The Balaban J connectivity index is 2.15. The molecule has 2 rings (SSSR count). The van der Waals surface area contributed by atoms with Gasteiger partial charge in [0, 0.05) is 29.7 Å². The van der Waals surface area contributed by atoms with Gasteiger partial charge in [0.2, 0.25) is 0 Å². The Hall–Kier alpha value is -0.910. The van der Waals surface area contributed by atoms with E-state index in [1.807, 2.05) is 0 Å². The molecule has 1 saturated heterocycles. The Morgan fingerprint density at radius 1 is 1.48 bits per heavy atom. The minimum Gasteiger partial charge on any atom is -0.434 e. The zero-order chi connectivity index (χ0) is 15.2. The summed E-state index contributed by atoms with van der Waals surface area (Å²) in [6.07, 6.45) is 2.09. The van der Waals surface area contributed by atoms with E-state index >= 15 is 0 Å². The van der Waals surface area contributed by atoms with Crippen LogP contribution < -0.4 is 10.1 Å². The highest BCUT2D eigenvalue weighted by molar-refractivity contribution is 6.30. The molecule has 0 saturated carbocycles. The summed E-state index contributed by atoms with van der Waals surface area (Å²) in [5.41, 5.74) is 0.711. The quantitative estimate of drug-likeness (QED) is 0.832. The summed E-state index contributed by atoms with van der Waals surface area (Å²) in [7, 11) is 0. The van der Waals surface area contributed by atoms with Gasteiger partial charge in [0.05, 0.1) is 0 Å². The molecule has 21 heavy (non-hydrogen) atoms. The van der Waals surface area contributed by atoms with Gasteiger partial charge >= 0.3 is 6.61 Å². The van der Waals surface area contributed by atoms with E-state index < -0.39 is 6.61 Å². The van der Waals surface area contributed by atoms with Crippen molar-refractivity contribution in [3.63, 3.8) is 0 Å². The molecule has 1 aliphatic rings. The number of ether oxygens (including phenoxy) is 1. The zero-order valence-corrected chi connectivity index (χ0v) is 12.9. The molecule has 3 nitrogen and oxygen atoms in total. The highest BCUT2D eigenvalue weighted by Crippen LogP contribution is 2.27. The van der Waals surface area contributed by atoms with Crippen LogP contribution in [0.4, 0.5) is 8.78 Å². The third kappa shape index (κ3) is 4.80. The van der Waals surface area contributed by atoms with Crippen LogP contribution in [0.25, 0.3) is 0 Å². The van der Waals surface area contributed by atoms with Gasteiger partial charge < -0.3 is 10.1 Å². The molecule has 0 aromatic heterocycles. The SMILES string of the molecule is CCCN(Cc1cc(Cl)ccc1OC(F)F)C1CCNC1. The Kier molecular flexibility index (Phi) is 6.21. The molecular formula is C15H21ClF2N2O. The van der Waals surface area contributed by atoms with Crippen molar-refractivity contribution in [1.29, 1.82) is 0 Å². The van der Waals surface area contributed by atoms with Gasteiger partial charge in [-0.05, 0) is 44.1 Å². The van der Waals surface area contributed by atoms with Crippen molar-refractivity contribution < 1.29 is 13.5 Å². The second kappa shape index (κ2) is 7.92. The lowest BCUT2D eigenvalue weighted by molar-refractivity contribution is -0.0508. The molecule has 1 N–H and O–H groups in total. The van der Waals surface area contributed by atoms with Crippen LogP contribution >= 0.6 is 11.6 Å². The van der Waals surface area contributed by atoms with E-state index in [1.165, 1.54) is 6.07 Å². The smallest absolute Gasteiger partial charge is 0.387 e. The Labute approximate surface area is 129 Å². The summed E-state index contributed by atoms with van der Waals surface area (Å²) >= 11 is 6.00. The molecule has 1 atom stereocenters. The maximum absolute atomic E-state index is 12.5. The summed E-state index contributed by atoms with van der Waals surface area (Å²) in [6.45, 7) is 2.73. The average Bonchev–Trinajstić information content (AvgIpc) is 2.95. The number of rotatable bonds is 7. The molecule has 0 radical (unpaired) electrons. The minimum atomic E-state index is -2.82. The van der Waals surface area contributed by atoms with Crippen molar-refractivity contribution in [3.8, 4) is 5.75 Å². The Morgan fingerprint density at radius 2 is 2.29 bits per heavy atom. The van der Waals surface area contributed by atoms with E-state index in [0.29, 0.717) is 23.2 Å². The first-order valence-corrected chi connectivity index (χ1v) is 7.66. The van der Waals surface area contributed by atoms with Crippen molar-refractivity contribution in [2.75, 3.05) is 19.6 Å². The molecule has 6 heteroatoms. The molecule has 1 heterocycles.